The van der Waals surface area contributed by atoms with Gasteiger partial charge in [-0.3, -0.25) is 9.78 Å². The van der Waals surface area contributed by atoms with E-state index in [4.69, 9.17) is 5.73 Å². The fourth-order valence-electron chi connectivity index (χ4n) is 3.40. The van der Waals surface area contributed by atoms with Gasteiger partial charge in [0.25, 0.3) is 5.91 Å². The van der Waals surface area contributed by atoms with E-state index in [1.54, 1.807) is 30.7 Å². The van der Waals surface area contributed by atoms with Crippen LogP contribution in [-0.2, 0) is 0 Å². The lowest BCUT2D eigenvalue weighted by Crippen LogP contribution is -2.34. The first kappa shape index (κ1) is 17.8. The molecule has 4 rings (SSSR count). The maximum Gasteiger partial charge on any atom is 0.251 e. The zero-order chi connectivity index (χ0) is 19.3. The van der Waals surface area contributed by atoms with Gasteiger partial charge in [-0.1, -0.05) is 0 Å². The predicted molar refractivity (Wildman–Crippen MR) is 106 cm³/mol. The minimum Gasteiger partial charge on any atom is -0.384 e. The summed E-state index contributed by atoms with van der Waals surface area (Å²) < 4.78 is 0. The van der Waals surface area contributed by atoms with Crippen molar-refractivity contribution in [3.63, 3.8) is 0 Å². The molecule has 8 nitrogen and oxygen atoms in total. The van der Waals surface area contributed by atoms with Gasteiger partial charge in [0.05, 0.1) is 5.69 Å². The van der Waals surface area contributed by atoms with Gasteiger partial charge in [0.2, 0.25) is 5.95 Å². The van der Waals surface area contributed by atoms with Gasteiger partial charge in [-0.05, 0) is 49.6 Å². The topological polar surface area (TPSA) is 119 Å². The second-order valence-electron chi connectivity index (χ2n) is 6.80. The van der Waals surface area contributed by atoms with Crippen molar-refractivity contribution in [2.75, 3.05) is 11.1 Å². The first-order valence-electron chi connectivity index (χ1n) is 9.20. The molecule has 0 bridgehead atoms. The maximum absolute atomic E-state index is 12.4. The lowest BCUT2D eigenvalue weighted by Gasteiger charge is -2.15. The average Bonchev–Trinajstić information content (AvgIpc) is 3.15. The number of nitrogens with one attached hydrogen (secondary N) is 2. The fourth-order valence-corrected chi connectivity index (χ4v) is 3.40. The molecule has 0 radical (unpaired) electrons. The van der Waals surface area contributed by atoms with Crippen LogP contribution in [0.3, 0.4) is 0 Å². The molecule has 8 heteroatoms. The van der Waals surface area contributed by atoms with Crippen LogP contribution in [0.15, 0.2) is 55.1 Å². The molecule has 28 heavy (non-hydrogen) atoms. The Balaban J connectivity index is 1.36. The van der Waals surface area contributed by atoms with Crippen molar-refractivity contribution < 1.29 is 4.79 Å². The molecule has 1 amide bonds. The summed E-state index contributed by atoms with van der Waals surface area (Å²) in [5.74, 6) is 0.800. The number of hydrogen-bond donors (Lipinski definition) is 3. The highest BCUT2D eigenvalue weighted by atomic mass is 16.1. The molecule has 0 unspecified atom stereocenters. The summed E-state index contributed by atoms with van der Waals surface area (Å²) in [5.41, 5.74) is 8.01. The van der Waals surface area contributed by atoms with Crippen molar-refractivity contribution in [1.29, 1.82) is 0 Å². The van der Waals surface area contributed by atoms with Crippen molar-refractivity contribution in [2.24, 2.45) is 0 Å². The summed E-state index contributed by atoms with van der Waals surface area (Å²) >= 11 is 0. The normalized spacial score (nSPS) is 18.6. The van der Waals surface area contributed by atoms with Crippen LogP contribution < -0.4 is 16.4 Å². The van der Waals surface area contributed by atoms with Gasteiger partial charge >= 0.3 is 0 Å². The number of nitrogens with zero attached hydrogens (tertiary/aromatic N) is 4. The second kappa shape index (κ2) is 7.99. The summed E-state index contributed by atoms with van der Waals surface area (Å²) in [6.45, 7) is 0. The third-order valence-electron chi connectivity index (χ3n) is 4.78. The Labute approximate surface area is 162 Å². The third kappa shape index (κ3) is 4.22. The Morgan fingerprint density at radius 1 is 1.00 bits per heavy atom. The first-order valence-corrected chi connectivity index (χ1v) is 9.20. The first-order chi connectivity index (χ1) is 13.7. The largest absolute Gasteiger partial charge is 0.384 e. The van der Waals surface area contributed by atoms with Crippen molar-refractivity contribution in [2.45, 2.75) is 31.3 Å². The van der Waals surface area contributed by atoms with E-state index in [0.29, 0.717) is 17.3 Å². The molecular weight excluding hydrogens is 354 g/mol. The van der Waals surface area contributed by atoms with Crippen molar-refractivity contribution >= 4 is 17.7 Å². The monoisotopic (exact) mass is 375 g/mol. The molecule has 0 spiro atoms. The van der Waals surface area contributed by atoms with E-state index >= 15 is 0 Å². The van der Waals surface area contributed by atoms with Crippen LogP contribution in [0.4, 0.5) is 11.8 Å². The number of nitrogens with two attached hydrogens (primary N) is 1. The van der Waals surface area contributed by atoms with E-state index in [1.165, 1.54) is 6.20 Å². The molecule has 4 N–H and O–H groups in total. The number of carbonyl (C=O) groups is 1. The summed E-state index contributed by atoms with van der Waals surface area (Å²) in [6.07, 6.45) is 9.41. The molecule has 0 saturated heterocycles. The Hall–Kier alpha value is -3.55. The van der Waals surface area contributed by atoms with Gasteiger partial charge in [0, 0.05) is 48.0 Å². The SMILES string of the molecule is Nc1cc(C(=O)N[C@H]2CC[C@H](Nc3nccc(-c4ccncc4)n3)C2)ccn1. The van der Waals surface area contributed by atoms with Gasteiger partial charge in [0.1, 0.15) is 5.82 Å². The quantitative estimate of drug-likeness (QED) is 0.626. The Bertz CT molecular complexity index is 964. The Morgan fingerprint density at radius 2 is 1.79 bits per heavy atom. The number of carbonyl (C=O) groups excluding carboxylic acids is 1. The Kier molecular flexibility index (Phi) is 5.09. The van der Waals surface area contributed by atoms with Gasteiger partial charge in [-0.25, -0.2) is 15.0 Å². The van der Waals surface area contributed by atoms with Gasteiger partial charge in [-0.2, -0.15) is 0 Å². The molecular formula is C20H21N7O. The fraction of sp³-hybridized carbons (Fsp3) is 0.250. The molecule has 1 fully saturated rings. The lowest BCUT2D eigenvalue weighted by atomic mass is 10.2. The van der Waals surface area contributed by atoms with E-state index in [9.17, 15) is 4.79 Å². The summed E-state index contributed by atoms with van der Waals surface area (Å²) in [7, 11) is 0. The number of aromatic nitrogens is 4. The molecule has 3 heterocycles. The molecule has 1 saturated carbocycles. The molecule has 3 aromatic rings. The second-order valence-corrected chi connectivity index (χ2v) is 6.80. The number of amides is 1. The average molecular weight is 375 g/mol. The minimum absolute atomic E-state index is 0.0998. The summed E-state index contributed by atoms with van der Waals surface area (Å²) in [5, 5.41) is 6.45. The maximum atomic E-state index is 12.4. The van der Waals surface area contributed by atoms with Crippen LogP contribution in [0, 0.1) is 0 Å². The highest BCUT2D eigenvalue weighted by Gasteiger charge is 2.26. The molecule has 1 aliphatic carbocycles. The number of nitrogen functional groups attached to an aromatic ring is 1. The van der Waals surface area contributed by atoms with Gasteiger partial charge in [0.15, 0.2) is 0 Å². The molecule has 0 aromatic carbocycles. The van der Waals surface area contributed by atoms with E-state index in [0.717, 1.165) is 30.5 Å². The van der Waals surface area contributed by atoms with E-state index in [2.05, 4.69) is 30.6 Å². The van der Waals surface area contributed by atoms with Crippen molar-refractivity contribution in [3.8, 4) is 11.3 Å². The highest BCUT2D eigenvalue weighted by molar-refractivity contribution is 5.94. The number of rotatable bonds is 5. The lowest BCUT2D eigenvalue weighted by molar-refractivity contribution is 0.0937. The van der Waals surface area contributed by atoms with Gasteiger partial charge < -0.3 is 16.4 Å². The summed E-state index contributed by atoms with van der Waals surface area (Å²) in [4.78, 5) is 29.2. The van der Waals surface area contributed by atoms with Crippen LogP contribution in [0.25, 0.3) is 11.3 Å². The smallest absolute Gasteiger partial charge is 0.251 e. The third-order valence-corrected chi connectivity index (χ3v) is 4.78. The number of pyridine rings is 2. The van der Waals surface area contributed by atoms with E-state index in [1.807, 2.05) is 18.2 Å². The highest BCUT2D eigenvalue weighted by Crippen LogP contribution is 2.23. The number of hydrogen-bond acceptors (Lipinski definition) is 7. The van der Waals surface area contributed by atoms with Crippen molar-refractivity contribution in [3.05, 3.63) is 60.7 Å². The van der Waals surface area contributed by atoms with E-state index in [-0.39, 0.29) is 18.0 Å². The molecule has 1 aliphatic rings. The van der Waals surface area contributed by atoms with Gasteiger partial charge in [-0.15, -0.1) is 0 Å². The standard InChI is InChI=1S/C20H21N7O/c21-18-11-14(5-9-23-18)19(28)25-15-1-2-16(12-15)26-20-24-10-6-17(27-20)13-3-7-22-8-4-13/h3-11,15-16H,1-2,12H2,(H2,21,23)(H,25,28)(H,24,26,27)/t15-,16-/m0/s1. The van der Waals surface area contributed by atoms with Crippen molar-refractivity contribution in [1.82, 2.24) is 25.3 Å². The molecule has 2 atom stereocenters. The van der Waals surface area contributed by atoms with Crippen LogP contribution in [0.5, 0.6) is 0 Å². The predicted octanol–water partition coefficient (Wildman–Crippen LogP) is 2.28. The minimum atomic E-state index is -0.129. The van der Waals surface area contributed by atoms with E-state index < -0.39 is 0 Å². The molecule has 142 valence electrons. The van der Waals surface area contributed by atoms with Crippen LogP contribution in [0.1, 0.15) is 29.6 Å². The zero-order valence-corrected chi connectivity index (χ0v) is 15.2. The molecule has 0 aliphatic heterocycles. The summed E-state index contributed by atoms with van der Waals surface area (Å²) in [6, 6.07) is 9.26. The van der Waals surface area contributed by atoms with Crippen LogP contribution in [-0.4, -0.2) is 37.9 Å². The zero-order valence-electron chi connectivity index (χ0n) is 15.2. The Morgan fingerprint density at radius 3 is 2.61 bits per heavy atom. The number of anilines is 2. The van der Waals surface area contributed by atoms with Crippen LogP contribution in [0.2, 0.25) is 0 Å². The van der Waals surface area contributed by atoms with Crippen LogP contribution >= 0.6 is 0 Å². The molecule has 3 aromatic heterocycles.